The second-order valence-electron chi connectivity index (χ2n) is 6.35. The molecule has 1 atom stereocenters. The van der Waals surface area contributed by atoms with E-state index >= 15 is 0 Å². The first-order valence-electron chi connectivity index (χ1n) is 8.80. The molecule has 2 aromatic rings. The zero-order valence-corrected chi connectivity index (χ0v) is 16.4. The number of fused-ring (bicyclic) bond motifs is 1. The number of carbonyl (C=O) groups is 1. The van der Waals surface area contributed by atoms with Gasteiger partial charge >= 0.3 is 11.7 Å². The average molecular weight is 379 g/mol. The van der Waals surface area contributed by atoms with Crippen LogP contribution in [0.25, 0.3) is 11.0 Å². The molecule has 0 spiro atoms. The molecule has 0 unspecified atom stereocenters. The third-order valence-electron chi connectivity index (χ3n) is 4.37. The lowest BCUT2D eigenvalue weighted by Gasteiger charge is -2.17. The lowest BCUT2D eigenvalue weighted by Crippen LogP contribution is -2.37. The van der Waals surface area contributed by atoms with Crippen LogP contribution in [0, 0.1) is 0 Å². The molecule has 0 aliphatic carbocycles. The van der Waals surface area contributed by atoms with E-state index in [-0.39, 0.29) is 0 Å². The standard InChI is InChI=1S/C18H25N3O4S/c1-5-7-9-12(17(23)24)26-14-11(8-6-2)10-19-15-13(14)16(22)21(4)18(25)20(15)3/h10,12H,5-9H2,1-4H3,(H,23,24)/t12-/m1/s1. The number of nitrogens with zero attached hydrogens (tertiary/aromatic N) is 3. The average Bonchev–Trinajstić information content (AvgIpc) is 2.62. The number of thioether (sulfide) groups is 1. The van der Waals surface area contributed by atoms with Crippen molar-refractivity contribution < 1.29 is 9.90 Å². The molecule has 0 aromatic carbocycles. The molecule has 2 heterocycles. The number of hydrogen-bond acceptors (Lipinski definition) is 5. The first-order valence-corrected chi connectivity index (χ1v) is 9.68. The molecular formula is C18H25N3O4S. The summed E-state index contributed by atoms with van der Waals surface area (Å²) in [5.41, 5.74) is 0.259. The fraction of sp³-hybridized carbons (Fsp3) is 0.556. The van der Waals surface area contributed by atoms with Crippen molar-refractivity contribution in [2.75, 3.05) is 0 Å². The summed E-state index contributed by atoms with van der Waals surface area (Å²) in [6.45, 7) is 4.03. The van der Waals surface area contributed by atoms with Crippen LogP contribution >= 0.6 is 11.8 Å². The largest absolute Gasteiger partial charge is 0.480 e. The quantitative estimate of drug-likeness (QED) is 0.708. The molecule has 8 heteroatoms. The molecule has 0 saturated carbocycles. The molecule has 2 aromatic heterocycles. The number of aromatic nitrogens is 3. The van der Waals surface area contributed by atoms with Gasteiger partial charge in [0.2, 0.25) is 0 Å². The van der Waals surface area contributed by atoms with E-state index in [1.807, 2.05) is 13.8 Å². The van der Waals surface area contributed by atoms with Crippen LogP contribution in [0.2, 0.25) is 0 Å². The number of hydrogen-bond donors (Lipinski definition) is 1. The van der Waals surface area contributed by atoms with Crippen molar-refractivity contribution in [1.29, 1.82) is 0 Å². The zero-order valence-electron chi connectivity index (χ0n) is 15.6. The van der Waals surface area contributed by atoms with E-state index in [4.69, 9.17) is 0 Å². The second kappa shape index (κ2) is 8.53. The van der Waals surface area contributed by atoms with Crippen molar-refractivity contribution in [3.63, 3.8) is 0 Å². The van der Waals surface area contributed by atoms with Crippen LogP contribution in [0.15, 0.2) is 20.7 Å². The smallest absolute Gasteiger partial charge is 0.332 e. The summed E-state index contributed by atoms with van der Waals surface area (Å²) in [5, 5.41) is 9.29. The molecular weight excluding hydrogens is 354 g/mol. The summed E-state index contributed by atoms with van der Waals surface area (Å²) in [7, 11) is 2.99. The number of rotatable bonds is 8. The Bertz CT molecular complexity index is 933. The fourth-order valence-electron chi connectivity index (χ4n) is 2.89. The Morgan fingerprint density at radius 2 is 1.92 bits per heavy atom. The van der Waals surface area contributed by atoms with Gasteiger partial charge in [-0.15, -0.1) is 11.8 Å². The lowest BCUT2D eigenvalue weighted by molar-refractivity contribution is -0.136. The van der Waals surface area contributed by atoms with E-state index in [0.717, 1.165) is 29.4 Å². The van der Waals surface area contributed by atoms with Gasteiger partial charge in [-0.3, -0.25) is 18.7 Å². The molecule has 7 nitrogen and oxygen atoms in total. The van der Waals surface area contributed by atoms with Crippen molar-refractivity contribution in [3.8, 4) is 0 Å². The highest BCUT2D eigenvalue weighted by molar-refractivity contribution is 8.00. The number of carboxylic acid groups (broad SMARTS) is 1. The minimum atomic E-state index is -0.891. The van der Waals surface area contributed by atoms with E-state index in [1.165, 1.54) is 23.4 Å². The van der Waals surface area contributed by atoms with E-state index < -0.39 is 22.5 Å². The molecule has 0 radical (unpaired) electrons. The summed E-state index contributed by atoms with van der Waals surface area (Å²) in [5.74, 6) is -0.891. The molecule has 0 aliphatic rings. The number of pyridine rings is 1. The minimum Gasteiger partial charge on any atom is -0.480 e. The van der Waals surface area contributed by atoms with Gasteiger partial charge < -0.3 is 5.11 Å². The van der Waals surface area contributed by atoms with Gasteiger partial charge in [-0.2, -0.15) is 0 Å². The maximum Gasteiger partial charge on any atom is 0.332 e. The van der Waals surface area contributed by atoms with Crippen LogP contribution in [-0.2, 0) is 25.3 Å². The highest BCUT2D eigenvalue weighted by Crippen LogP contribution is 2.34. The summed E-state index contributed by atoms with van der Waals surface area (Å²) in [4.78, 5) is 41.6. The van der Waals surface area contributed by atoms with Gasteiger partial charge in [-0.25, -0.2) is 9.78 Å². The lowest BCUT2D eigenvalue weighted by atomic mass is 10.1. The zero-order chi connectivity index (χ0) is 19.4. The Balaban J connectivity index is 2.75. The Morgan fingerprint density at radius 3 is 2.50 bits per heavy atom. The maximum absolute atomic E-state index is 12.8. The van der Waals surface area contributed by atoms with E-state index in [9.17, 15) is 19.5 Å². The molecule has 142 valence electrons. The predicted molar refractivity (Wildman–Crippen MR) is 103 cm³/mol. The fourth-order valence-corrected chi connectivity index (χ4v) is 4.16. The number of unbranched alkanes of at least 4 members (excludes halogenated alkanes) is 1. The van der Waals surface area contributed by atoms with Crippen LogP contribution in [0.5, 0.6) is 0 Å². The Morgan fingerprint density at radius 1 is 1.23 bits per heavy atom. The van der Waals surface area contributed by atoms with Crippen LogP contribution in [0.3, 0.4) is 0 Å². The van der Waals surface area contributed by atoms with Crippen molar-refractivity contribution in [2.24, 2.45) is 14.1 Å². The SMILES string of the molecule is CCCC[C@@H](Sc1c(CCC)cnc2c1c(=O)n(C)c(=O)n2C)C(=O)O. The van der Waals surface area contributed by atoms with Gasteiger partial charge in [0, 0.05) is 25.2 Å². The number of aryl methyl sites for hydroxylation is 2. The molecule has 0 amide bonds. The van der Waals surface area contributed by atoms with Gasteiger partial charge in [-0.1, -0.05) is 33.1 Å². The third kappa shape index (κ3) is 3.85. The normalized spacial score (nSPS) is 12.5. The topological polar surface area (TPSA) is 94.2 Å². The monoisotopic (exact) mass is 379 g/mol. The summed E-state index contributed by atoms with van der Waals surface area (Å²) in [6.07, 6.45) is 5.42. The van der Waals surface area contributed by atoms with E-state index in [0.29, 0.717) is 28.8 Å². The highest BCUT2D eigenvalue weighted by atomic mass is 32.2. The first kappa shape index (κ1) is 20.2. The van der Waals surface area contributed by atoms with Gasteiger partial charge in [0.15, 0.2) is 0 Å². The predicted octanol–water partition coefficient (Wildman–Crippen LogP) is 2.32. The Hall–Kier alpha value is -2.09. The van der Waals surface area contributed by atoms with Crippen LogP contribution < -0.4 is 11.2 Å². The third-order valence-corrected chi connectivity index (χ3v) is 5.79. The van der Waals surface area contributed by atoms with E-state index in [1.54, 1.807) is 13.2 Å². The summed E-state index contributed by atoms with van der Waals surface area (Å²) >= 11 is 1.20. The summed E-state index contributed by atoms with van der Waals surface area (Å²) in [6, 6.07) is 0. The van der Waals surface area contributed by atoms with Crippen LogP contribution in [-0.4, -0.2) is 30.4 Å². The Labute approximate surface area is 156 Å². The van der Waals surface area contributed by atoms with Crippen molar-refractivity contribution in [3.05, 3.63) is 32.6 Å². The van der Waals surface area contributed by atoms with Gasteiger partial charge in [0.25, 0.3) is 5.56 Å². The molecule has 0 aliphatic heterocycles. The number of aliphatic carboxylic acids is 1. The second-order valence-corrected chi connectivity index (χ2v) is 7.57. The van der Waals surface area contributed by atoms with E-state index in [2.05, 4.69) is 4.98 Å². The molecule has 26 heavy (non-hydrogen) atoms. The molecule has 2 rings (SSSR count). The summed E-state index contributed by atoms with van der Waals surface area (Å²) < 4.78 is 2.38. The molecule has 1 N–H and O–H groups in total. The molecule has 0 fully saturated rings. The molecule has 0 bridgehead atoms. The Kier molecular flexibility index (Phi) is 6.63. The van der Waals surface area contributed by atoms with Crippen molar-refractivity contribution in [1.82, 2.24) is 14.1 Å². The van der Waals surface area contributed by atoms with Crippen molar-refractivity contribution in [2.45, 2.75) is 56.1 Å². The maximum atomic E-state index is 12.8. The van der Waals surface area contributed by atoms with Gasteiger partial charge in [0.05, 0.1) is 5.39 Å². The minimum absolute atomic E-state index is 0.292. The number of carboxylic acids is 1. The van der Waals surface area contributed by atoms with Crippen LogP contribution in [0.4, 0.5) is 0 Å². The van der Waals surface area contributed by atoms with Crippen LogP contribution in [0.1, 0.15) is 45.1 Å². The van der Waals surface area contributed by atoms with Gasteiger partial charge in [-0.05, 0) is 18.4 Å². The molecule has 0 saturated heterocycles. The van der Waals surface area contributed by atoms with Gasteiger partial charge in [0.1, 0.15) is 10.9 Å². The van der Waals surface area contributed by atoms with Crippen molar-refractivity contribution >= 4 is 28.8 Å². The highest BCUT2D eigenvalue weighted by Gasteiger charge is 2.24. The first-order chi connectivity index (χ1) is 12.3.